The maximum Gasteiger partial charge on any atom is 0.132 e. The Morgan fingerprint density at radius 2 is 1.53 bits per heavy atom. The van der Waals surface area contributed by atoms with Crippen LogP contribution in [0.1, 0.15) is 0 Å². The van der Waals surface area contributed by atoms with Gasteiger partial charge in [0.1, 0.15) is 17.2 Å². The van der Waals surface area contributed by atoms with E-state index in [1.807, 2.05) is 30.3 Å². The topological polar surface area (TPSA) is 43.5 Å². The summed E-state index contributed by atoms with van der Waals surface area (Å²) in [7, 11) is 4.97. The van der Waals surface area contributed by atoms with Crippen molar-refractivity contribution >= 4 is 21.8 Å². The van der Waals surface area contributed by atoms with Crippen molar-refractivity contribution in [2.24, 2.45) is 0 Å². The summed E-state index contributed by atoms with van der Waals surface area (Å²) in [6.07, 6.45) is 0. The molecule has 0 aliphatic rings. The molecular formula is C15H15NO3. The van der Waals surface area contributed by atoms with Gasteiger partial charge < -0.3 is 19.2 Å². The van der Waals surface area contributed by atoms with E-state index in [-0.39, 0.29) is 0 Å². The van der Waals surface area contributed by atoms with Crippen LogP contribution in [0.3, 0.4) is 0 Å². The molecule has 3 aromatic rings. The van der Waals surface area contributed by atoms with E-state index in [0.717, 1.165) is 39.1 Å². The molecular weight excluding hydrogens is 242 g/mol. The van der Waals surface area contributed by atoms with Gasteiger partial charge in [-0.05, 0) is 12.1 Å². The normalized spacial score (nSPS) is 10.9. The Kier molecular flexibility index (Phi) is 2.71. The third kappa shape index (κ3) is 1.76. The van der Waals surface area contributed by atoms with E-state index < -0.39 is 0 Å². The van der Waals surface area contributed by atoms with E-state index in [9.17, 15) is 0 Å². The Hall–Kier alpha value is -2.36. The van der Waals surface area contributed by atoms with Crippen molar-refractivity contribution in [1.82, 2.24) is 4.98 Å². The molecule has 0 aliphatic carbocycles. The van der Waals surface area contributed by atoms with Gasteiger partial charge in [0.05, 0.1) is 32.4 Å². The molecule has 3 rings (SSSR count). The third-order valence-electron chi connectivity index (χ3n) is 3.30. The zero-order valence-electron chi connectivity index (χ0n) is 11.1. The van der Waals surface area contributed by atoms with Crippen LogP contribution in [0.2, 0.25) is 0 Å². The lowest BCUT2D eigenvalue weighted by atomic mass is 10.1. The van der Waals surface area contributed by atoms with Gasteiger partial charge in [0.25, 0.3) is 0 Å². The number of hydrogen-bond donors (Lipinski definition) is 1. The van der Waals surface area contributed by atoms with Crippen molar-refractivity contribution in [1.29, 1.82) is 0 Å². The lowest BCUT2D eigenvalue weighted by molar-refractivity contribution is 0.398. The molecule has 0 spiro atoms. The van der Waals surface area contributed by atoms with Gasteiger partial charge in [0.2, 0.25) is 0 Å². The minimum absolute atomic E-state index is 0.767. The predicted octanol–water partition coefficient (Wildman–Crippen LogP) is 3.35. The lowest BCUT2D eigenvalue weighted by Gasteiger charge is -2.06. The summed E-state index contributed by atoms with van der Waals surface area (Å²) in [6.45, 7) is 0. The van der Waals surface area contributed by atoms with E-state index >= 15 is 0 Å². The molecule has 4 heteroatoms. The molecule has 19 heavy (non-hydrogen) atoms. The summed E-state index contributed by atoms with van der Waals surface area (Å²) in [5, 5.41) is 2.16. The number of fused-ring (bicyclic) bond motifs is 3. The second-order valence-corrected chi connectivity index (χ2v) is 4.29. The minimum atomic E-state index is 0.767. The molecule has 0 fully saturated rings. The van der Waals surface area contributed by atoms with E-state index in [4.69, 9.17) is 14.2 Å². The number of aromatic nitrogens is 1. The van der Waals surface area contributed by atoms with E-state index in [2.05, 4.69) is 4.98 Å². The van der Waals surface area contributed by atoms with E-state index in [0.29, 0.717) is 0 Å². The SMILES string of the molecule is COc1ccc2c(c1)[nH]c1cc(OC)cc(OC)c12. The highest BCUT2D eigenvalue weighted by Gasteiger charge is 2.12. The van der Waals surface area contributed by atoms with Crippen LogP contribution >= 0.6 is 0 Å². The van der Waals surface area contributed by atoms with Gasteiger partial charge in [0, 0.05) is 29.0 Å². The van der Waals surface area contributed by atoms with Crippen LogP contribution in [0, 0.1) is 0 Å². The molecule has 2 aromatic carbocycles. The maximum absolute atomic E-state index is 5.46. The Morgan fingerprint density at radius 3 is 2.21 bits per heavy atom. The number of hydrogen-bond acceptors (Lipinski definition) is 3. The van der Waals surface area contributed by atoms with Gasteiger partial charge in [-0.2, -0.15) is 0 Å². The van der Waals surface area contributed by atoms with Gasteiger partial charge in [-0.1, -0.05) is 0 Å². The molecule has 1 N–H and O–H groups in total. The fraction of sp³-hybridized carbons (Fsp3) is 0.200. The van der Waals surface area contributed by atoms with Gasteiger partial charge in [0.15, 0.2) is 0 Å². The van der Waals surface area contributed by atoms with Crippen molar-refractivity contribution in [3.63, 3.8) is 0 Å². The van der Waals surface area contributed by atoms with Crippen LogP contribution in [0.25, 0.3) is 21.8 Å². The summed E-state index contributed by atoms with van der Waals surface area (Å²) in [5.74, 6) is 2.39. The summed E-state index contributed by atoms with van der Waals surface area (Å²) >= 11 is 0. The quantitative estimate of drug-likeness (QED) is 0.782. The van der Waals surface area contributed by atoms with Crippen LogP contribution in [0.4, 0.5) is 0 Å². The second-order valence-electron chi connectivity index (χ2n) is 4.29. The number of methoxy groups -OCH3 is 3. The van der Waals surface area contributed by atoms with Crippen molar-refractivity contribution in [2.75, 3.05) is 21.3 Å². The molecule has 4 nitrogen and oxygen atoms in total. The van der Waals surface area contributed by atoms with Crippen molar-refractivity contribution in [3.05, 3.63) is 30.3 Å². The molecule has 0 saturated carbocycles. The predicted molar refractivity (Wildman–Crippen MR) is 75.5 cm³/mol. The van der Waals surface area contributed by atoms with Gasteiger partial charge >= 0.3 is 0 Å². The van der Waals surface area contributed by atoms with E-state index in [1.165, 1.54) is 0 Å². The highest BCUT2D eigenvalue weighted by Crippen LogP contribution is 2.37. The fourth-order valence-electron chi connectivity index (χ4n) is 2.36. The fourth-order valence-corrected chi connectivity index (χ4v) is 2.36. The van der Waals surface area contributed by atoms with Crippen LogP contribution in [-0.2, 0) is 0 Å². The molecule has 1 aromatic heterocycles. The first-order valence-corrected chi connectivity index (χ1v) is 5.98. The largest absolute Gasteiger partial charge is 0.497 e. The zero-order chi connectivity index (χ0) is 13.4. The third-order valence-corrected chi connectivity index (χ3v) is 3.30. The molecule has 0 amide bonds. The summed E-state index contributed by atoms with van der Waals surface area (Å²) in [4.78, 5) is 3.36. The van der Waals surface area contributed by atoms with Crippen molar-refractivity contribution in [3.8, 4) is 17.2 Å². The van der Waals surface area contributed by atoms with Gasteiger partial charge in [-0.3, -0.25) is 0 Å². The standard InChI is InChI=1S/C15H15NO3/c1-17-9-4-5-11-12(6-9)16-13-7-10(18-2)8-14(19-3)15(11)13/h4-8,16H,1-3H3. The first-order valence-electron chi connectivity index (χ1n) is 5.98. The average Bonchev–Trinajstić information content (AvgIpc) is 2.83. The number of ether oxygens (including phenoxy) is 3. The first kappa shape index (κ1) is 11.7. The molecule has 1 heterocycles. The Labute approximate surface area is 110 Å². The molecule has 0 atom stereocenters. The van der Waals surface area contributed by atoms with Gasteiger partial charge in [-0.15, -0.1) is 0 Å². The molecule has 0 bridgehead atoms. The highest BCUT2D eigenvalue weighted by atomic mass is 16.5. The van der Waals surface area contributed by atoms with E-state index in [1.54, 1.807) is 21.3 Å². The summed E-state index contributed by atoms with van der Waals surface area (Å²) in [5.41, 5.74) is 2.00. The highest BCUT2D eigenvalue weighted by molar-refractivity contribution is 6.11. The van der Waals surface area contributed by atoms with Gasteiger partial charge in [-0.25, -0.2) is 0 Å². The molecule has 0 unspecified atom stereocenters. The van der Waals surface area contributed by atoms with Crippen molar-refractivity contribution < 1.29 is 14.2 Å². The molecule has 0 radical (unpaired) electrons. The number of benzene rings is 2. The van der Waals surface area contributed by atoms with Crippen LogP contribution in [0.15, 0.2) is 30.3 Å². The molecule has 0 saturated heterocycles. The lowest BCUT2D eigenvalue weighted by Crippen LogP contribution is -1.87. The van der Waals surface area contributed by atoms with Crippen molar-refractivity contribution in [2.45, 2.75) is 0 Å². The summed E-state index contributed by atoms with van der Waals surface area (Å²) in [6, 6.07) is 9.80. The monoisotopic (exact) mass is 257 g/mol. The number of rotatable bonds is 3. The van der Waals surface area contributed by atoms with Crippen LogP contribution in [0.5, 0.6) is 17.2 Å². The summed E-state index contributed by atoms with van der Waals surface area (Å²) < 4.78 is 16.0. The maximum atomic E-state index is 5.46. The zero-order valence-corrected chi connectivity index (χ0v) is 11.1. The first-order chi connectivity index (χ1) is 9.26. The number of nitrogens with one attached hydrogen (secondary N) is 1. The smallest absolute Gasteiger partial charge is 0.132 e. The number of H-pyrrole nitrogens is 1. The molecule has 98 valence electrons. The second kappa shape index (κ2) is 4.39. The average molecular weight is 257 g/mol. The minimum Gasteiger partial charge on any atom is -0.497 e. The van der Waals surface area contributed by atoms with Crippen LogP contribution < -0.4 is 14.2 Å². The Morgan fingerprint density at radius 1 is 0.789 bits per heavy atom. The molecule has 0 aliphatic heterocycles. The number of aromatic amines is 1. The van der Waals surface area contributed by atoms with Crippen LogP contribution in [-0.4, -0.2) is 26.3 Å². The Balaban J connectivity index is 2.38. The Bertz CT molecular complexity index is 746.